The second-order valence-electron chi connectivity index (χ2n) is 6.90. The number of H-pyrrole nitrogens is 1. The topological polar surface area (TPSA) is 56.3 Å². The van der Waals surface area contributed by atoms with Gasteiger partial charge in [-0.15, -0.1) is 0 Å². The summed E-state index contributed by atoms with van der Waals surface area (Å²) in [7, 11) is 1.85. The Morgan fingerprint density at radius 3 is 2.96 bits per heavy atom. The van der Waals surface area contributed by atoms with Crippen LogP contribution in [0.2, 0.25) is 0 Å². The average Bonchev–Trinajstić information content (AvgIpc) is 3.11. The van der Waals surface area contributed by atoms with Gasteiger partial charge in [-0.3, -0.25) is 4.79 Å². The minimum Gasteiger partial charge on any atom is -0.393 e. The maximum Gasteiger partial charge on any atom is 0.222 e. The number of aliphatic hydroxyl groups is 1. The largest absolute Gasteiger partial charge is 0.393 e. The van der Waals surface area contributed by atoms with Crippen molar-refractivity contribution in [1.82, 2.24) is 9.88 Å². The number of hydrogen-bond donors (Lipinski definition) is 2. The molecule has 4 nitrogen and oxygen atoms in total. The van der Waals surface area contributed by atoms with Gasteiger partial charge in [0.15, 0.2) is 0 Å². The molecule has 1 aromatic carbocycles. The molecule has 1 aliphatic rings. The van der Waals surface area contributed by atoms with Gasteiger partial charge in [-0.05, 0) is 43.9 Å². The third-order valence-corrected chi connectivity index (χ3v) is 5.08. The lowest BCUT2D eigenvalue weighted by atomic mass is 10.0. The summed E-state index contributed by atoms with van der Waals surface area (Å²) in [6.07, 6.45) is 6.02. The molecule has 0 bridgehead atoms. The number of aliphatic hydroxyl groups excluding tert-OH is 1. The van der Waals surface area contributed by atoms with Crippen LogP contribution >= 0.6 is 0 Å². The van der Waals surface area contributed by atoms with Crippen molar-refractivity contribution in [2.45, 2.75) is 45.1 Å². The van der Waals surface area contributed by atoms with E-state index in [0.29, 0.717) is 13.0 Å². The predicted octanol–water partition coefficient (Wildman–Crippen LogP) is 3.03. The lowest BCUT2D eigenvalue weighted by Gasteiger charge is -2.23. The van der Waals surface area contributed by atoms with E-state index in [1.807, 2.05) is 13.2 Å². The second kappa shape index (κ2) is 6.75. The fraction of sp³-hybridized carbons (Fsp3) is 0.526. The zero-order chi connectivity index (χ0) is 16.4. The van der Waals surface area contributed by atoms with E-state index in [2.05, 4.69) is 30.1 Å². The highest BCUT2D eigenvalue weighted by Crippen LogP contribution is 2.26. The lowest BCUT2D eigenvalue weighted by Crippen LogP contribution is -2.34. The van der Waals surface area contributed by atoms with Crippen LogP contribution in [0.5, 0.6) is 0 Å². The van der Waals surface area contributed by atoms with Crippen molar-refractivity contribution in [3.05, 3.63) is 35.5 Å². The smallest absolute Gasteiger partial charge is 0.222 e. The molecule has 1 fully saturated rings. The minimum absolute atomic E-state index is 0.158. The Balaban J connectivity index is 1.58. The van der Waals surface area contributed by atoms with Crippen molar-refractivity contribution >= 4 is 16.8 Å². The maximum atomic E-state index is 12.4. The highest BCUT2D eigenvalue weighted by molar-refractivity contribution is 5.84. The van der Waals surface area contributed by atoms with Crippen molar-refractivity contribution in [2.75, 3.05) is 13.6 Å². The monoisotopic (exact) mass is 314 g/mol. The van der Waals surface area contributed by atoms with Gasteiger partial charge in [0.2, 0.25) is 5.91 Å². The van der Waals surface area contributed by atoms with Crippen LogP contribution in [0.4, 0.5) is 0 Å². The first kappa shape index (κ1) is 16.1. The van der Waals surface area contributed by atoms with Crippen molar-refractivity contribution in [3.63, 3.8) is 0 Å². The van der Waals surface area contributed by atoms with Gasteiger partial charge in [-0.25, -0.2) is 0 Å². The van der Waals surface area contributed by atoms with Gasteiger partial charge in [-0.2, -0.15) is 0 Å². The first-order valence-electron chi connectivity index (χ1n) is 8.53. The third kappa shape index (κ3) is 3.58. The van der Waals surface area contributed by atoms with Crippen molar-refractivity contribution < 1.29 is 9.90 Å². The SMILES string of the molecule is Cc1ccc2[nH]cc(CCC(=O)N(C)CC3CCCC3O)c2c1. The number of nitrogens with one attached hydrogen (secondary N) is 1. The maximum absolute atomic E-state index is 12.4. The third-order valence-electron chi connectivity index (χ3n) is 5.08. The van der Waals surface area contributed by atoms with Gasteiger partial charge in [0.1, 0.15) is 0 Å². The first-order valence-corrected chi connectivity index (χ1v) is 8.53. The van der Waals surface area contributed by atoms with Crippen LogP contribution < -0.4 is 0 Å². The van der Waals surface area contributed by atoms with Crippen LogP contribution in [0, 0.1) is 12.8 Å². The molecule has 0 aliphatic heterocycles. The van der Waals surface area contributed by atoms with Crippen LogP contribution in [-0.2, 0) is 11.2 Å². The van der Waals surface area contributed by atoms with E-state index < -0.39 is 0 Å². The molecule has 2 N–H and O–H groups in total. The zero-order valence-electron chi connectivity index (χ0n) is 14.0. The highest BCUT2D eigenvalue weighted by atomic mass is 16.3. The first-order chi connectivity index (χ1) is 11.0. The van der Waals surface area contributed by atoms with E-state index >= 15 is 0 Å². The molecule has 2 atom stereocenters. The molecule has 1 amide bonds. The fourth-order valence-electron chi connectivity index (χ4n) is 3.62. The van der Waals surface area contributed by atoms with Gasteiger partial charge in [0.25, 0.3) is 0 Å². The number of fused-ring (bicyclic) bond motifs is 1. The van der Waals surface area contributed by atoms with E-state index in [1.54, 1.807) is 4.90 Å². The van der Waals surface area contributed by atoms with Gasteiger partial charge >= 0.3 is 0 Å². The Morgan fingerprint density at radius 2 is 2.22 bits per heavy atom. The summed E-state index contributed by atoms with van der Waals surface area (Å²) >= 11 is 0. The van der Waals surface area contributed by atoms with Crippen LogP contribution in [0.25, 0.3) is 10.9 Å². The lowest BCUT2D eigenvalue weighted by molar-refractivity contribution is -0.130. The molecule has 0 saturated heterocycles. The van der Waals surface area contributed by atoms with E-state index in [4.69, 9.17) is 0 Å². The Morgan fingerprint density at radius 1 is 1.39 bits per heavy atom. The van der Waals surface area contributed by atoms with Crippen LogP contribution in [0.3, 0.4) is 0 Å². The number of hydrogen-bond acceptors (Lipinski definition) is 2. The summed E-state index contributed by atoms with van der Waals surface area (Å²) in [5, 5.41) is 11.1. The Bertz CT molecular complexity index is 692. The van der Waals surface area contributed by atoms with Crippen LogP contribution in [0.15, 0.2) is 24.4 Å². The molecule has 1 saturated carbocycles. The minimum atomic E-state index is -0.234. The van der Waals surface area contributed by atoms with Crippen molar-refractivity contribution in [3.8, 4) is 0 Å². The Hall–Kier alpha value is -1.81. The van der Waals surface area contributed by atoms with E-state index in [0.717, 1.165) is 31.2 Å². The Kier molecular flexibility index (Phi) is 4.71. The fourth-order valence-corrected chi connectivity index (χ4v) is 3.62. The standard InChI is InChI=1S/C19H26N2O2/c1-13-6-8-17-16(10-13)14(11-20-17)7-9-19(23)21(2)12-15-4-3-5-18(15)22/h6,8,10-11,15,18,20,22H,3-5,7,9,12H2,1-2H3. The molecule has 124 valence electrons. The van der Waals surface area contributed by atoms with Crippen molar-refractivity contribution in [2.24, 2.45) is 5.92 Å². The quantitative estimate of drug-likeness (QED) is 0.891. The van der Waals surface area contributed by atoms with E-state index in [9.17, 15) is 9.90 Å². The number of carbonyl (C=O) groups is 1. The molecule has 23 heavy (non-hydrogen) atoms. The number of carbonyl (C=O) groups excluding carboxylic acids is 1. The molecule has 4 heteroatoms. The normalized spacial score (nSPS) is 21.0. The van der Waals surface area contributed by atoms with E-state index in [1.165, 1.54) is 16.5 Å². The number of nitrogens with zero attached hydrogens (tertiary/aromatic N) is 1. The number of benzene rings is 1. The molecule has 2 aromatic rings. The van der Waals surface area contributed by atoms with Gasteiger partial charge in [0.05, 0.1) is 6.10 Å². The highest BCUT2D eigenvalue weighted by Gasteiger charge is 2.27. The van der Waals surface area contributed by atoms with Gasteiger partial charge < -0.3 is 15.0 Å². The summed E-state index contributed by atoms with van der Waals surface area (Å²) in [6.45, 7) is 2.76. The van der Waals surface area contributed by atoms with Crippen LogP contribution in [0.1, 0.15) is 36.8 Å². The summed E-state index contributed by atoms with van der Waals surface area (Å²) in [5.74, 6) is 0.408. The second-order valence-corrected chi connectivity index (χ2v) is 6.90. The molecular weight excluding hydrogens is 288 g/mol. The van der Waals surface area contributed by atoms with Crippen LogP contribution in [-0.4, -0.2) is 40.6 Å². The summed E-state index contributed by atoms with van der Waals surface area (Å²) < 4.78 is 0. The number of rotatable bonds is 5. The summed E-state index contributed by atoms with van der Waals surface area (Å²) in [5.41, 5.74) is 3.56. The molecule has 0 radical (unpaired) electrons. The molecule has 0 spiro atoms. The molecule has 1 aliphatic carbocycles. The predicted molar refractivity (Wildman–Crippen MR) is 92.3 cm³/mol. The molecule has 2 unspecified atom stereocenters. The summed E-state index contributed by atoms with van der Waals surface area (Å²) in [4.78, 5) is 17.4. The Labute approximate surface area is 137 Å². The number of aromatic amines is 1. The molecule has 1 aromatic heterocycles. The number of aromatic nitrogens is 1. The molecule has 1 heterocycles. The van der Waals surface area contributed by atoms with Gasteiger partial charge in [0, 0.05) is 43.0 Å². The summed E-state index contributed by atoms with van der Waals surface area (Å²) in [6, 6.07) is 6.35. The molecule has 3 rings (SSSR count). The van der Waals surface area contributed by atoms with E-state index in [-0.39, 0.29) is 17.9 Å². The zero-order valence-corrected chi connectivity index (χ0v) is 14.0. The average molecular weight is 314 g/mol. The number of aryl methyl sites for hydroxylation is 2. The van der Waals surface area contributed by atoms with Crippen molar-refractivity contribution in [1.29, 1.82) is 0 Å². The number of amides is 1. The van der Waals surface area contributed by atoms with Gasteiger partial charge in [-0.1, -0.05) is 18.1 Å². The molecular formula is C19H26N2O2.